The van der Waals surface area contributed by atoms with E-state index in [4.69, 9.17) is 0 Å². The molecule has 7 nitrogen and oxygen atoms in total. The highest BCUT2D eigenvalue weighted by Crippen LogP contribution is 2.38. The molecule has 0 saturated heterocycles. The summed E-state index contributed by atoms with van der Waals surface area (Å²) in [5.74, 6) is 0.849. The maximum Gasteiger partial charge on any atom is 0.230 e. The summed E-state index contributed by atoms with van der Waals surface area (Å²) >= 11 is 0. The predicted molar refractivity (Wildman–Crippen MR) is 101 cm³/mol. The minimum Gasteiger partial charge on any atom is -0.356 e. The zero-order valence-electron chi connectivity index (χ0n) is 16.4. The second-order valence-electron chi connectivity index (χ2n) is 7.17. The molecule has 1 unspecified atom stereocenters. The van der Waals surface area contributed by atoms with Gasteiger partial charge in [0.15, 0.2) is 5.96 Å². The molecule has 0 aliphatic heterocycles. The molecule has 1 saturated carbocycles. The SMILES string of the molecule is CCC(C)NC(=O)CCNC(=NC)NCC1(C(=O)N(C)C)CCCC1. The van der Waals surface area contributed by atoms with Crippen molar-refractivity contribution in [2.75, 3.05) is 34.2 Å². The van der Waals surface area contributed by atoms with Gasteiger partial charge in [-0.2, -0.15) is 0 Å². The number of guanidine groups is 1. The van der Waals surface area contributed by atoms with E-state index >= 15 is 0 Å². The van der Waals surface area contributed by atoms with E-state index in [0.717, 1.165) is 32.1 Å². The number of aliphatic imine (C=N–C) groups is 1. The molecule has 1 fully saturated rings. The molecule has 2 amide bonds. The Bertz CT molecular complexity index is 470. The average molecular weight is 354 g/mol. The Morgan fingerprint density at radius 1 is 1.20 bits per heavy atom. The van der Waals surface area contributed by atoms with Gasteiger partial charge in [-0.3, -0.25) is 14.6 Å². The Labute approximate surface area is 152 Å². The lowest BCUT2D eigenvalue weighted by Crippen LogP contribution is -2.49. The van der Waals surface area contributed by atoms with Crippen LogP contribution in [0, 0.1) is 5.41 Å². The Morgan fingerprint density at radius 2 is 1.84 bits per heavy atom. The predicted octanol–water partition coefficient (Wildman–Crippen LogP) is 1.10. The highest BCUT2D eigenvalue weighted by Gasteiger charge is 2.42. The first-order valence-corrected chi connectivity index (χ1v) is 9.30. The molecule has 0 bridgehead atoms. The first kappa shape index (κ1) is 21.3. The zero-order chi connectivity index (χ0) is 18.9. The molecule has 1 rings (SSSR count). The number of carbonyl (C=O) groups is 2. The van der Waals surface area contributed by atoms with Crippen molar-refractivity contribution in [1.82, 2.24) is 20.9 Å². The molecule has 3 N–H and O–H groups in total. The van der Waals surface area contributed by atoms with E-state index in [1.54, 1.807) is 11.9 Å². The smallest absolute Gasteiger partial charge is 0.230 e. The summed E-state index contributed by atoms with van der Waals surface area (Å²) in [6.45, 7) is 5.12. The number of amides is 2. The Balaban J connectivity index is 2.45. The molecule has 0 aromatic carbocycles. The molecule has 0 aromatic rings. The van der Waals surface area contributed by atoms with E-state index in [0.29, 0.717) is 25.5 Å². The molecular formula is C18H35N5O2. The van der Waals surface area contributed by atoms with E-state index in [-0.39, 0.29) is 23.3 Å². The maximum atomic E-state index is 12.6. The van der Waals surface area contributed by atoms with Crippen molar-refractivity contribution in [3.05, 3.63) is 0 Å². The minimum atomic E-state index is -0.338. The summed E-state index contributed by atoms with van der Waals surface area (Å²) in [6.07, 6.45) is 5.31. The van der Waals surface area contributed by atoms with E-state index in [9.17, 15) is 9.59 Å². The van der Waals surface area contributed by atoms with Crippen molar-refractivity contribution in [1.29, 1.82) is 0 Å². The van der Waals surface area contributed by atoms with Crippen LogP contribution >= 0.6 is 0 Å². The second-order valence-corrected chi connectivity index (χ2v) is 7.17. The molecule has 144 valence electrons. The molecule has 1 atom stereocenters. The highest BCUT2D eigenvalue weighted by atomic mass is 16.2. The lowest BCUT2D eigenvalue weighted by atomic mass is 9.84. The van der Waals surface area contributed by atoms with Crippen molar-refractivity contribution in [3.8, 4) is 0 Å². The van der Waals surface area contributed by atoms with Crippen LogP contribution in [-0.4, -0.2) is 62.9 Å². The largest absolute Gasteiger partial charge is 0.356 e. The molecule has 1 aliphatic rings. The lowest BCUT2D eigenvalue weighted by molar-refractivity contribution is -0.138. The van der Waals surface area contributed by atoms with Gasteiger partial charge in [-0.05, 0) is 26.2 Å². The number of rotatable bonds is 8. The maximum absolute atomic E-state index is 12.6. The minimum absolute atomic E-state index is 0.0346. The lowest BCUT2D eigenvalue weighted by Gasteiger charge is -2.31. The van der Waals surface area contributed by atoms with E-state index < -0.39 is 0 Å². The van der Waals surface area contributed by atoms with Crippen molar-refractivity contribution in [3.63, 3.8) is 0 Å². The quantitative estimate of drug-likeness (QED) is 0.451. The van der Waals surface area contributed by atoms with Gasteiger partial charge in [0.25, 0.3) is 0 Å². The molecule has 0 spiro atoms. The van der Waals surface area contributed by atoms with Gasteiger partial charge in [0.1, 0.15) is 0 Å². The van der Waals surface area contributed by atoms with Crippen LogP contribution in [0.25, 0.3) is 0 Å². The van der Waals surface area contributed by atoms with Crippen LogP contribution in [0.5, 0.6) is 0 Å². The molecule has 25 heavy (non-hydrogen) atoms. The molecule has 0 aromatic heterocycles. The molecule has 7 heteroatoms. The van der Waals surface area contributed by atoms with Gasteiger partial charge < -0.3 is 20.9 Å². The Morgan fingerprint density at radius 3 is 2.36 bits per heavy atom. The van der Waals surface area contributed by atoms with E-state index in [1.165, 1.54) is 0 Å². The summed E-state index contributed by atoms with van der Waals surface area (Å²) in [7, 11) is 5.32. The third kappa shape index (κ3) is 6.55. The summed E-state index contributed by atoms with van der Waals surface area (Å²) in [6, 6.07) is 0.198. The first-order valence-electron chi connectivity index (χ1n) is 9.30. The van der Waals surface area contributed by atoms with Crippen LogP contribution in [0.15, 0.2) is 4.99 Å². The van der Waals surface area contributed by atoms with Gasteiger partial charge in [0, 0.05) is 46.7 Å². The molecular weight excluding hydrogens is 318 g/mol. The first-order chi connectivity index (χ1) is 11.8. The van der Waals surface area contributed by atoms with Gasteiger partial charge >= 0.3 is 0 Å². The fraction of sp³-hybridized carbons (Fsp3) is 0.833. The highest BCUT2D eigenvalue weighted by molar-refractivity contribution is 5.85. The average Bonchev–Trinajstić information content (AvgIpc) is 3.06. The van der Waals surface area contributed by atoms with Gasteiger partial charge in [-0.1, -0.05) is 19.8 Å². The Kier molecular flexibility index (Phi) is 8.72. The summed E-state index contributed by atoms with van der Waals surface area (Å²) < 4.78 is 0. The fourth-order valence-corrected chi connectivity index (χ4v) is 3.21. The molecule has 1 aliphatic carbocycles. The van der Waals surface area contributed by atoms with Crippen molar-refractivity contribution >= 4 is 17.8 Å². The van der Waals surface area contributed by atoms with E-state index in [2.05, 4.69) is 20.9 Å². The number of hydrogen-bond donors (Lipinski definition) is 3. The van der Waals surface area contributed by atoms with Gasteiger partial charge in [0.05, 0.1) is 5.41 Å². The van der Waals surface area contributed by atoms with Gasteiger partial charge in [-0.25, -0.2) is 0 Å². The van der Waals surface area contributed by atoms with Gasteiger partial charge in [-0.15, -0.1) is 0 Å². The van der Waals surface area contributed by atoms with Crippen molar-refractivity contribution < 1.29 is 9.59 Å². The number of hydrogen-bond acceptors (Lipinski definition) is 3. The van der Waals surface area contributed by atoms with Crippen LogP contribution in [0.3, 0.4) is 0 Å². The van der Waals surface area contributed by atoms with E-state index in [1.807, 2.05) is 27.9 Å². The number of nitrogens with one attached hydrogen (secondary N) is 3. The monoisotopic (exact) mass is 353 g/mol. The fourth-order valence-electron chi connectivity index (χ4n) is 3.21. The number of nitrogens with zero attached hydrogens (tertiary/aromatic N) is 2. The van der Waals surface area contributed by atoms with Crippen molar-refractivity contribution in [2.24, 2.45) is 10.4 Å². The van der Waals surface area contributed by atoms with Crippen LogP contribution in [-0.2, 0) is 9.59 Å². The van der Waals surface area contributed by atoms with Crippen molar-refractivity contribution in [2.45, 2.75) is 58.4 Å². The third-order valence-electron chi connectivity index (χ3n) is 4.90. The van der Waals surface area contributed by atoms with Crippen LogP contribution in [0.4, 0.5) is 0 Å². The normalized spacial score (nSPS) is 17.7. The summed E-state index contributed by atoms with van der Waals surface area (Å²) in [5, 5.41) is 9.37. The van der Waals surface area contributed by atoms with Crippen LogP contribution < -0.4 is 16.0 Å². The van der Waals surface area contributed by atoms with Crippen LogP contribution in [0.1, 0.15) is 52.4 Å². The van der Waals surface area contributed by atoms with Crippen LogP contribution in [0.2, 0.25) is 0 Å². The summed E-state index contributed by atoms with van der Waals surface area (Å²) in [5.41, 5.74) is -0.338. The topological polar surface area (TPSA) is 85.8 Å². The standard InChI is InChI=1S/C18H35N5O2/c1-6-14(2)22-15(24)9-12-20-17(19-3)21-13-18(10-7-8-11-18)16(25)23(4)5/h14H,6-13H2,1-5H3,(H,22,24)(H2,19,20,21). The number of carbonyl (C=O) groups excluding carboxylic acids is 2. The second kappa shape index (κ2) is 10.3. The van der Waals surface area contributed by atoms with Gasteiger partial charge in [0.2, 0.25) is 11.8 Å². The molecule has 0 heterocycles. The molecule has 0 radical (unpaired) electrons. The zero-order valence-corrected chi connectivity index (χ0v) is 16.4. The Hall–Kier alpha value is -1.79. The third-order valence-corrected chi connectivity index (χ3v) is 4.90. The summed E-state index contributed by atoms with van der Waals surface area (Å²) in [4.78, 5) is 30.3.